The fourth-order valence-electron chi connectivity index (χ4n) is 4.12. The summed E-state index contributed by atoms with van der Waals surface area (Å²) in [6.45, 7) is 7.36. The molecule has 3 aromatic carbocycles. The van der Waals surface area contributed by atoms with Crippen LogP contribution in [0.5, 0.6) is 5.75 Å². The van der Waals surface area contributed by atoms with Gasteiger partial charge in [-0.25, -0.2) is 4.79 Å². The first-order chi connectivity index (χ1) is 16.4. The summed E-state index contributed by atoms with van der Waals surface area (Å²) in [5, 5.41) is 20.8. The number of aromatic carboxylic acids is 1. The molecule has 1 heterocycles. The van der Waals surface area contributed by atoms with Crippen molar-refractivity contribution in [1.29, 1.82) is 0 Å². The van der Waals surface area contributed by atoms with Crippen molar-refractivity contribution in [1.82, 2.24) is 10.2 Å². The molecule has 0 aromatic heterocycles. The van der Waals surface area contributed by atoms with Crippen molar-refractivity contribution in [3.05, 3.63) is 89.0 Å². The fraction of sp³-hybridized carbons (Fsp3) is 0.286. The van der Waals surface area contributed by atoms with Crippen molar-refractivity contribution in [2.75, 3.05) is 13.1 Å². The fourth-order valence-corrected chi connectivity index (χ4v) is 4.12. The van der Waals surface area contributed by atoms with Gasteiger partial charge >= 0.3 is 5.97 Å². The van der Waals surface area contributed by atoms with Gasteiger partial charge < -0.3 is 15.5 Å². The van der Waals surface area contributed by atoms with E-state index >= 15 is 0 Å². The number of likely N-dealkylation sites (tertiary alicyclic amines) is 1. The predicted octanol–water partition coefficient (Wildman–Crippen LogP) is 5.16. The smallest absolute Gasteiger partial charge is 0.335 e. The van der Waals surface area contributed by atoms with E-state index in [0.29, 0.717) is 12.2 Å². The summed E-state index contributed by atoms with van der Waals surface area (Å²) >= 11 is 0. The molecule has 1 aliphatic heterocycles. The van der Waals surface area contributed by atoms with Gasteiger partial charge in [0.15, 0.2) is 0 Å². The van der Waals surface area contributed by atoms with E-state index in [9.17, 15) is 14.7 Å². The van der Waals surface area contributed by atoms with E-state index in [1.807, 2.05) is 26.0 Å². The van der Waals surface area contributed by atoms with Crippen LogP contribution in [0.2, 0.25) is 0 Å². The summed E-state index contributed by atoms with van der Waals surface area (Å²) in [7, 11) is 0. The Labute approximate surface area is 200 Å². The molecule has 1 fully saturated rings. The van der Waals surface area contributed by atoms with Crippen molar-refractivity contribution >= 4 is 12.4 Å². The topological polar surface area (TPSA) is 89.9 Å². The van der Waals surface area contributed by atoms with E-state index < -0.39 is 5.97 Å². The zero-order valence-corrected chi connectivity index (χ0v) is 19.7. The summed E-state index contributed by atoms with van der Waals surface area (Å²) < 4.78 is 0. The summed E-state index contributed by atoms with van der Waals surface area (Å²) in [4.78, 5) is 23.2. The number of amides is 1. The monoisotopic (exact) mass is 460 g/mol. The average molecular weight is 461 g/mol. The minimum atomic E-state index is -0.951. The highest BCUT2D eigenvalue weighted by molar-refractivity contribution is 5.87. The van der Waals surface area contributed by atoms with Crippen molar-refractivity contribution in [3.63, 3.8) is 0 Å². The minimum absolute atomic E-state index is 0.102. The van der Waals surface area contributed by atoms with E-state index in [0.717, 1.165) is 17.7 Å². The lowest BCUT2D eigenvalue weighted by Crippen LogP contribution is -2.18. The van der Waals surface area contributed by atoms with Gasteiger partial charge in [0.05, 0.1) is 11.6 Å². The molecule has 1 saturated heterocycles. The number of carboxylic acid groups (broad SMARTS) is 1. The second kappa shape index (κ2) is 12.0. The van der Waals surface area contributed by atoms with Crippen molar-refractivity contribution < 1.29 is 19.8 Å². The van der Waals surface area contributed by atoms with Crippen LogP contribution in [0, 0.1) is 6.92 Å². The van der Waals surface area contributed by atoms with Crippen molar-refractivity contribution in [2.45, 2.75) is 39.3 Å². The van der Waals surface area contributed by atoms with E-state index in [2.05, 4.69) is 34.5 Å². The predicted molar refractivity (Wildman–Crippen MR) is 134 cm³/mol. The van der Waals surface area contributed by atoms with E-state index in [1.165, 1.54) is 54.8 Å². The molecule has 0 spiro atoms. The maximum absolute atomic E-state index is 10.5. The summed E-state index contributed by atoms with van der Waals surface area (Å²) in [5.74, 6) is -0.618. The Bertz CT molecular complexity index is 1110. The highest BCUT2D eigenvalue weighted by Gasteiger charge is 2.12. The highest BCUT2D eigenvalue weighted by Crippen LogP contribution is 2.27. The van der Waals surface area contributed by atoms with Gasteiger partial charge in [-0.1, -0.05) is 36.4 Å². The average Bonchev–Trinajstić information content (AvgIpc) is 3.33. The highest BCUT2D eigenvalue weighted by atomic mass is 16.4. The maximum Gasteiger partial charge on any atom is 0.335 e. The zero-order valence-electron chi connectivity index (χ0n) is 19.7. The Balaban J connectivity index is 0.000000204. The number of phenolic OH excluding ortho intramolecular Hbond substituents is 1. The molecule has 6 heteroatoms. The Hall–Kier alpha value is -3.64. The number of nitrogens with zero attached hydrogens (tertiary/aromatic N) is 1. The van der Waals surface area contributed by atoms with Crippen LogP contribution in [0.3, 0.4) is 0 Å². The Morgan fingerprint density at radius 2 is 1.76 bits per heavy atom. The van der Waals surface area contributed by atoms with Gasteiger partial charge in [0.2, 0.25) is 6.41 Å². The van der Waals surface area contributed by atoms with Gasteiger partial charge in [-0.2, -0.15) is 0 Å². The number of carbonyl (C=O) groups is 2. The van der Waals surface area contributed by atoms with Crippen molar-refractivity contribution in [2.24, 2.45) is 0 Å². The van der Waals surface area contributed by atoms with Gasteiger partial charge in [0, 0.05) is 6.54 Å². The van der Waals surface area contributed by atoms with Gasteiger partial charge in [0.1, 0.15) is 5.75 Å². The number of benzene rings is 3. The van der Waals surface area contributed by atoms with Gasteiger partial charge in [-0.15, -0.1) is 0 Å². The minimum Gasteiger partial charge on any atom is -0.508 e. The molecule has 178 valence electrons. The molecular weight excluding hydrogens is 428 g/mol. The normalized spacial score (nSPS) is 14.1. The standard InChI is InChI=1S/C18H21NO.C10H11NO3/c1-14-11-17(20)7-8-18(14)16-6-4-5-15(12-16)13-19-9-2-3-10-19;1-7(11-6-12)8-2-4-9(5-3-8)10(13)14/h4-8,11-12,20H,2-3,9-10,13H2,1H3;2-7H,1H3,(H,11,12)(H,13,14). The number of nitrogens with one attached hydrogen (secondary N) is 1. The van der Waals surface area contributed by atoms with Crippen LogP contribution in [0.1, 0.15) is 52.9 Å². The Kier molecular flexibility index (Phi) is 8.82. The molecule has 0 aliphatic carbocycles. The second-order valence-electron chi connectivity index (χ2n) is 8.62. The summed E-state index contributed by atoms with van der Waals surface area (Å²) in [6.07, 6.45) is 3.28. The van der Waals surface area contributed by atoms with Gasteiger partial charge in [0.25, 0.3) is 0 Å². The molecule has 3 N–H and O–H groups in total. The molecule has 1 atom stereocenters. The third kappa shape index (κ3) is 6.93. The molecule has 1 aliphatic rings. The molecule has 1 unspecified atom stereocenters. The maximum atomic E-state index is 10.5. The van der Waals surface area contributed by atoms with Crippen LogP contribution in [-0.2, 0) is 11.3 Å². The zero-order chi connectivity index (χ0) is 24.5. The van der Waals surface area contributed by atoms with Crippen LogP contribution >= 0.6 is 0 Å². The molecule has 34 heavy (non-hydrogen) atoms. The Morgan fingerprint density at radius 1 is 1.06 bits per heavy atom. The lowest BCUT2D eigenvalue weighted by atomic mass is 9.98. The quantitative estimate of drug-likeness (QED) is 0.424. The first kappa shape index (κ1) is 25.0. The number of rotatable bonds is 7. The third-order valence-corrected chi connectivity index (χ3v) is 6.03. The molecule has 1 amide bonds. The second-order valence-corrected chi connectivity index (χ2v) is 8.62. The number of hydrogen-bond donors (Lipinski definition) is 3. The van der Waals surface area contributed by atoms with E-state index in [1.54, 1.807) is 18.2 Å². The number of phenols is 1. The number of aromatic hydroxyl groups is 1. The van der Waals surface area contributed by atoms with Crippen LogP contribution < -0.4 is 5.32 Å². The SMILES string of the molecule is CC(NC=O)c1ccc(C(=O)O)cc1.Cc1cc(O)ccc1-c1cccc(CN2CCCC2)c1. The summed E-state index contributed by atoms with van der Waals surface area (Å²) in [5.41, 5.74) is 6.04. The van der Waals surface area contributed by atoms with E-state index in [4.69, 9.17) is 5.11 Å². The first-order valence-corrected chi connectivity index (χ1v) is 11.5. The molecular formula is C28H32N2O4. The van der Waals surface area contributed by atoms with Crippen LogP contribution in [0.25, 0.3) is 11.1 Å². The largest absolute Gasteiger partial charge is 0.508 e. The van der Waals surface area contributed by atoms with Crippen LogP contribution in [0.4, 0.5) is 0 Å². The molecule has 0 saturated carbocycles. The number of carboxylic acids is 1. The number of carbonyl (C=O) groups excluding carboxylic acids is 1. The van der Waals surface area contributed by atoms with Gasteiger partial charge in [-0.3, -0.25) is 9.69 Å². The van der Waals surface area contributed by atoms with E-state index in [-0.39, 0.29) is 11.6 Å². The molecule has 0 radical (unpaired) electrons. The lowest BCUT2D eigenvalue weighted by Gasteiger charge is -2.15. The molecule has 4 rings (SSSR count). The number of hydrogen-bond acceptors (Lipinski definition) is 4. The molecule has 3 aromatic rings. The van der Waals surface area contributed by atoms with Crippen LogP contribution in [-0.4, -0.2) is 40.6 Å². The Morgan fingerprint density at radius 3 is 2.38 bits per heavy atom. The molecule has 0 bridgehead atoms. The third-order valence-electron chi connectivity index (χ3n) is 6.03. The molecule has 6 nitrogen and oxygen atoms in total. The lowest BCUT2D eigenvalue weighted by molar-refractivity contribution is -0.110. The van der Waals surface area contributed by atoms with Crippen molar-refractivity contribution in [3.8, 4) is 16.9 Å². The van der Waals surface area contributed by atoms with Gasteiger partial charge in [-0.05, 0) is 97.9 Å². The summed E-state index contributed by atoms with van der Waals surface area (Å²) in [6, 6.07) is 20.6. The van der Waals surface area contributed by atoms with Crippen LogP contribution in [0.15, 0.2) is 66.7 Å². The first-order valence-electron chi connectivity index (χ1n) is 11.5. The number of aryl methyl sites for hydroxylation is 1.